The molecule has 0 N–H and O–H groups in total. The second-order valence-corrected chi connectivity index (χ2v) is 8.96. The van der Waals surface area contributed by atoms with Gasteiger partial charge in [-0.1, -0.05) is 11.8 Å². The van der Waals surface area contributed by atoms with Gasteiger partial charge in [0, 0.05) is 12.2 Å². The van der Waals surface area contributed by atoms with E-state index in [-0.39, 0.29) is 31.6 Å². The van der Waals surface area contributed by atoms with E-state index in [9.17, 15) is 9.59 Å². The van der Waals surface area contributed by atoms with E-state index in [0.29, 0.717) is 30.5 Å². The molecule has 1 saturated heterocycles. The van der Waals surface area contributed by atoms with E-state index >= 15 is 0 Å². The van der Waals surface area contributed by atoms with E-state index < -0.39 is 23.6 Å². The lowest BCUT2D eigenvalue weighted by atomic mass is 9.79. The van der Waals surface area contributed by atoms with Crippen LogP contribution in [-0.4, -0.2) is 70.6 Å². The number of thioether (sulfide) groups is 1. The van der Waals surface area contributed by atoms with Gasteiger partial charge in [-0.3, -0.25) is 9.59 Å². The molecular formula is C19H32N4O6S. The van der Waals surface area contributed by atoms with Crippen LogP contribution in [0.25, 0.3) is 0 Å². The van der Waals surface area contributed by atoms with E-state index in [1.54, 1.807) is 18.5 Å². The molecule has 1 fully saturated rings. The first kappa shape index (κ1) is 24.5. The molecule has 1 aromatic rings. The normalized spacial score (nSPS) is 15.4. The minimum Gasteiger partial charge on any atom is -0.465 e. The third-order valence-corrected chi connectivity index (χ3v) is 5.60. The summed E-state index contributed by atoms with van der Waals surface area (Å²) in [6.07, 6.45) is 0.221. The Labute approximate surface area is 181 Å². The minimum atomic E-state index is -1.47. The van der Waals surface area contributed by atoms with E-state index in [4.69, 9.17) is 18.9 Å². The van der Waals surface area contributed by atoms with E-state index in [1.807, 2.05) is 20.8 Å². The summed E-state index contributed by atoms with van der Waals surface area (Å²) < 4.78 is 23.3. The lowest BCUT2D eigenvalue weighted by Crippen LogP contribution is -2.45. The molecule has 30 heavy (non-hydrogen) atoms. The fourth-order valence-corrected chi connectivity index (χ4v) is 4.13. The van der Waals surface area contributed by atoms with Crippen molar-refractivity contribution in [3.8, 4) is 0 Å². The van der Waals surface area contributed by atoms with Crippen LogP contribution in [0.1, 0.15) is 53.9 Å². The zero-order valence-electron chi connectivity index (χ0n) is 18.4. The number of ether oxygens (including phenoxy) is 4. The maximum absolute atomic E-state index is 12.9. The number of hydrogen-bond acceptors (Lipinski definition) is 10. The molecule has 11 heteroatoms. The molecular weight excluding hydrogens is 412 g/mol. The smallest absolute Gasteiger partial charge is 0.323 e. The van der Waals surface area contributed by atoms with Crippen molar-refractivity contribution in [2.24, 2.45) is 5.41 Å². The second-order valence-electron chi connectivity index (χ2n) is 7.89. The highest BCUT2D eigenvalue weighted by atomic mass is 32.2. The van der Waals surface area contributed by atoms with Crippen molar-refractivity contribution in [1.82, 2.24) is 20.2 Å². The van der Waals surface area contributed by atoms with Gasteiger partial charge < -0.3 is 18.9 Å². The summed E-state index contributed by atoms with van der Waals surface area (Å²) >= 11 is 1.47. The van der Waals surface area contributed by atoms with Crippen LogP contribution >= 0.6 is 11.8 Å². The molecule has 1 aliphatic rings. The van der Waals surface area contributed by atoms with Gasteiger partial charge in [0.1, 0.15) is 0 Å². The van der Waals surface area contributed by atoms with E-state index in [1.165, 1.54) is 11.8 Å². The number of hydrogen-bond donors (Lipinski definition) is 0. The zero-order valence-corrected chi connectivity index (χ0v) is 19.2. The Morgan fingerprint density at radius 1 is 1.13 bits per heavy atom. The van der Waals surface area contributed by atoms with Crippen molar-refractivity contribution in [1.29, 1.82) is 0 Å². The van der Waals surface area contributed by atoms with Crippen LogP contribution in [0.3, 0.4) is 0 Å². The largest absolute Gasteiger partial charge is 0.465 e. The number of rotatable bonds is 11. The number of esters is 2. The summed E-state index contributed by atoms with van der Waals surface area (Å²) in [6, 6.07) is 0. The van der Waals surface area contributed by atoms with Crippen LogP contribution in [-0.2, 0) is 34.1 Å². The van der Waals surface area contributed by atoms with Gasteiger partial charge in [0.05, 0.1) is 32.0 Å². The third kappa shape index (κ3) is 6.14. The molecule has 2 heterocycles. The Kier molecular flexibility index (Phi) is 9.05. The van der Waals surface area contributed by atoms with Crippen molar-refractivity contribution < 1.29 is 28.5 Å². The van der Waals surface area contributed by atoms with Gasteiger partial charge in [-0.2, -0.15) is 0 Å². The highest BCUT2D eigenvalue weighted by molar-refractivity contribution is 7.99. The SMILES string of the molecule is CCOC(=O)C(CCCSc1nnnn1C(C)(C)C)(CC1OCCO1)C(=O)OCC. The van der Waals surface area contributed by atoms with Gasteiger partial charge in [-0.15, -0.1) is 5.10 Å². The fourth-order valence-electron chi connectivity index (χ4n) is 3.13. The Balaban J connectivity index is 2.12. The van der Waals surface area contributed by atoms with Crippen molar-refractivity contribution in [2.75, 3.05) is 32.2 Å². The maximum Gasteiger partial charge on any atom is 0.323 e. The predicted molar refractivity (Wildman–Crippen MR) is 109 cm³/mol. The number of carbonyl (C=O) groups is 2. The summed E-state index contributed by atoms with van der Waals surface area (Å²) in [5.41, 5.74) is -1.72. The van der Waals surface area contributed by atoms with Gasteiger partial charge >= 0.3 is 11.9 Å². The van der Waals surface area contributed by atoms with Crippen LogP contribution in [0.5, 0.6) is 0 Å². The molecule has 0 aliphatic carbocycles. The molecule has 0 amide bonds. The molecule has 2 rings (SSSR count). The topological polar surface area (TPSA) is 115 Å². The summed E-state index contributed by atoms with van der Waals surface area (Å²) in [5.74, 6) is -0.595. The molecule has 10 nitrogen and oxygen atoms in total. The number of carbonyl (C=O) groups excluding carboxylic acids is 2. The summed E-state index contributed by atoms with van der Waals surface area (Å²) in [5, 5.41) is 12.5. The van der Waals surface area contributed by atoms with Crippen LogP contribution in [0.2, 0.25) is 0 Å². The summed E-state index contributed by atoms with van der Waals surface area (Å²) in [7, 11) is 0. The molecule has 1 aliphatic heterocycles. The third-order valence-electron chi connectivity index (χ3n) is 4.59. The molecule has 0 atom stereocenters. The lowest BCUT2D eigenvalue weighted by molar-refractivity contribution is -0.180. The molecule has 1 aromatic heterocycles. The Morgan fingerprint density at radius 2 is 1.73 bits per heavy atom. The molecule has 0 spiro atoms. The van der Waals surface area contributed by atoms with Crippen molar-refractivity contribution in [3.63, 3.8) is 0 Å². The monoisotopic (exact) mass is 444 g/mol. The Morgan fingerprint density at radius 3 is 2.27 bits per heavy atom. The average molecular weight is 445 g/mol. The quantitative estimate of drug-likeness (QED) is 0.218. The Hall–Kier alpha value is -1.72. The number of aromatic nitrogens is 4. The average Bonchev–Trinajstić information content (AvgIpc) is 3.36. The van der Waals surface area contributed by atoms with Crippen molar-refractivity contribution in [2.45, 2.75) is 70.9 Å². The maximum atomic E-state index is 12.9. The van der Waals surface area contributed by atoms with Crippen LogP contribution in [0.4, 0.5) is 0 Å². The highest BCUT2D eigenvalue weighted by Crippen LogP contribution is 2.36. The van der Waals surface area contributed by atoms with Gasteiger partial charge in [-0.05, 0) is 57.9 Å². The summed E-state index contributed by atoms with van der Waals surface area (Å²) in [4.78, 5) is 25.8. The van der Waals surface area contributed by atoms with E-state index in [0.717, 1.165) is 0 Å². The molecule has 0 aromatic carbocycles. The first-order valence-corrected chi connectivity index (χ1v) is 11.2. The Bertz CT molecular complexity index is 681. The molecule has 0 radical (unpaired) electrons. The molecule has 0 bridgehead atoms. The highest BCUT2D eigenvalue weighted by Gasteiger charge is 2.50. The summed E-state index contributed by atoms with van der Waals surface area (Å²) in [6.45, 7) is 10.7. The van der Waals surface area contributed by atoms with Gasteiger partial charge in [0.25, 0.3) is 0 Å². The second kappa shape index (κ2) is 11.1. The predicted octanol–water partition coefficient (Wildman–Crippen LogP) is 2.18. The van der Waals surface area contributed by atoms with Gasteiger partial charge in [-0.25, -0.2) is 4.68 Å². The van der Waals surface area contributed by atoms with E-state index in [2.05, 4.69) is 15.5 Å². The molecule has 0 unspecified atom stereocenters. The zero-order chi connectivity index (χ0) is 22.2. The number of nitrogens with zero attached hydrogens (tertiary/aromatic N) is 4. The minimum absolute atomic E-state index is 0.0645. The van der Waals surface area contributed by atoms with Crippen LogP contribution < -0.4 is 0 Å². The number of tetrazole rings is 1. The standard InChI is InChI=1S/C19H32N4O6S/c1-6-26-15(24)19(16(25)27-7-2,13-14-28-10-11-29-14)9-8-12-30-17-20-21-22-23(17)18(3,4)5/h14H,6-13H2,1-5H3. The van der Waals surface area contributed by atoms with Crippen molar-refractivity contribution in [3.05, 3.63) is 0 Å². The first-order valence-electron chi connectivity index (χ1n) is 10.2. The van der Waals surface area contributed by atoms with Crippen molar-refractivity contribution >= 4 is 23.7 Å². The van der Waals surface area contributed by atoms with Gasteiger partial charge in [0.15, 0.2) is 11.7 Å². The molecule has 0 saturated carbocycles. The van der Waals surface area contributed by atoms with Crippen LogP contribution in [0.15, 0.2) is 5.16 Å². The van der Waals surface area contributed by atoms with Crippen LogP contribution in [0, 0.1) is 5.41 Å². The molecule has 170 valence electrons. The first-order chi connectivity index (χ1) is 14.2. The van der Waals surface area contributed by atoms with Gasteiger partial charge in [0.2, 0.25) is 5.16 Å². The fraction of sp³-hybridized carbons (Fsp3) is 0.842. The lowest BCUT2D eigenvalue weighted by Gasteiger charge is -2.30.